The summed E-state index contributed by atoms with van der Waals surface area (Å²) >= 11 is 0. The van der Waals surface area contributed by atoms with Crippen LogP contribution in [0.5, 0.6) is 17.4 Å². The molecule has 2 aromatic heterocycles. The maximum absolute atomic E-state index is 12.5. The monoisotopic (exact) mass is 413 g/mol. The van der Waals surface area contributed by atoms with Gasteiger partial charge in [-0.05, 0) is 31.5 Å². The highest BCUT2D eigenvalue weighted by Gasteiger charge is 2.19. The molecule has 0 fully saturated rings. The fourth-order valence-electron chi connectivity index (χ4n) is 3.16. The second-order valence-electron chi connectivity index (χ2n) is 6.66. The fraction of sp³-hybridized carbons (Fsp3) is 0.300. The average molecular weight is 413 g/mol. The molecule has 1 aromatic carbocycles. The summed E-state index contributed by atoms with van der Waals surface area (Å²) in [5.41, 5.74) is 8.17. The number of carbonyl (C=O) groups is 2. The summed E-state index contributed by atoms with van der Waals surface area (Å²) in [5.74, 6) is -0.262. The van der Waals surface area contributed by atoms with E-state index in [9.17, 15) is 9.59 Å². The van der Waals surface area contributed by atoms with E-state index >= 15 is 0 Å². The number of fused-ring (bicyclic) bond motifs is 1. The number of pyridine rings is 1. The van der Waals surface area contributed by atoms with Crippen molar-refractivity contribution in [1.29, 1.82) is 0 Å². The van der Waals surface area contributed by atoms with Gasteiger partial charge in [-0.2, -0.15) is 0 Å². The minimum Gasteiger partial charge on any atom is -0.493 e. The van der Waals surface area contributed by atoms with Gasteiger partial charge in [0, 0.05) is 18.8 Å². The maximum atomic E-state index is 12.5. The highest BCUT2D eigenvalue weighted by molar-refractivity contribution is 6.04. The zero-order valence-corrected chi connectivity index (χ0v) is 17.4. The first-order valence-electron chi connectivity index (χ1n) is 9.04. The quantitative estimate of drug-likeness (QED) is 0.603. The lowest BCUT2D eigenvalue weighted by Crippen LogP contribution is -2.23. The Morgan fingerprint density at radius 3 is 2.43 bits per heavy atom. The molecule has 10 heteroatoms. The molecule has 0 aliphatic heterocycles. The Bertz CT molecular complexity index is 1140. The molecule has 0 aliphatic carbocycles. The Morgan fingerprint density at radius 2 is 1.80 bits per heavy atom. The zero-order valence-electron chi connectivity index (χ0n) is 17.4. The number of amides is 2. The molecule has 0 saturated carbocycles. The van der Waals surface area contributed by atoms with E-state index in [0.717, 1.165) is 16.6 Å². The van der Waals surface area contributed by atoms with Crippen LogP contribution >= 0.6 is 0 Å². The van der Waals surface area contributed by atoms with Gasteiger partial charge in [0.25, 0.3) is 11.8 Å². The molecule has 2 amide bonds. The van der Waals surface area contributed by atoms with Crippen molar-refractivity contribution in [3.63, 3.8) is 0 Å². The summed E-state index contributed by atoms with van der Waals surface area (Å²) in [6, 6.07) is 4.78. The Labute approximate surface area is 172 Å². The first-order chi connectivity index (χ1) is 14.2. The first-order valence-corrected chi connectivity index (χ1v) is 9.04. The molecule has 0 spiro atoms. The molecule has 0 radical (unpaired) electrons. The van der Waals surface area contributed by atoms with Gasteiger partial charge in [-0.1, -0.05) is 0 Å². The number of nitrogens with one attached hydrogen (secondary N) is 1. The number of aromatic nitrogens is 3. The largest absolute Gasteiger partial charge is 0.493 e. The number of nitrogens with zero attached hydrogens (tertiary/aromatic N) is 3. The van der Waals surface area contributed by atoms with Gasteiger partial charge in [-0.3, -0.25) is 9.59 Å². The van der Waals surface area contributed by atoms with E-state index in [1.54, 1.807) is 11.7 Å². The van der Waals surface area contributed by atoms with Crippen LogP contribution in [0.1, 0.15) is 21.6 Å². The number of rotatable bonds is 7. The predicted molar refractivity (Wildman–Crippen MR) is 110 cm³/mol. The van der Waals surface area contributed by atoms with Crippen LogP contribution in [0.3, 0.4) is 0 Å². The molecule has 30 heavy (non-hydrogen) atoms. The molecule has 3 rings (SSSR count). The minimum atomic E-state index is -0.722. The summed E-state index contributed by atoms with van der Waals surface area (Å²) in [5, 5.41) is 7.66. The number of primary amides is 1. The van der Waals surface area contributed by atoms with E-state index in [-0.39, 0.29) is 17.9 Å². The lowest BCUT2D eigenvalue weighted by atomic mass is 10.1. The van der Waals surface area contributed by atoms with Gasteiger partial charge in [0.2, 0.25) is 5.88 Å². The van der Waals surface area contributed by atoms with Gasteiger partial charge in [-0.25, -0.2) is 9.67 Å². The van der Waals surface area contributed by atoms with Gasteiger partial charge < -0.3 is 25.3 Å². The lowest BCUT2D eigenvalue weighted by Gasteiger charge is -2.14. The summed E-state index contributed by atoms with van der Waals surface area (Å²) in [7, 11) is 4.63. The third kappa shape index (κ3) is 3.97. The number of aryl methyl sites for hydroxylation is 3. The molecule has 10 nitrogen and oxygen atoms in total. The van der Waals surface area contributed by atoms with Crippen molar-refractivity contribution >= 4 is 28.5 Å². The topological polar surface area (TPSA) is 131 Å². The van der Waals surface area contributed by atoms with E-state index in [1.165, 1.54) is 26.4 Å². The van der Waals surface area contributed by atoms with Crippen molar-refractivity contribution in [2.45, 2.75) is 13.8 Å². The van der Waals surface area contributed by atoms with Crippen LogP contribution in [0.25, 0.3) is 11.0 Å². The summed E-state index contributed by atoms with van der Waals surface area (Å²) in [4.78, 5) is 28.7. The van der Waals surface area contributed by atoms with Crippen molar-refractivity contribution in [3.8, 4) is 17.4 Å². The van der Waals surface area contributed by atoms with Crippen molar-refractivity contribution < 1.29 is 23.8 Å². The van der Waals surface area contributed by atoms with Crippen molar-refractivity contribution in [3.05, 3.63) is 35.0 Å². The summed E-state index contributed by atoms with van der Waals surface area (Å²) < 4.78 is 17.6. The summed E-state index contributed by atoms with van der Waals surface area (Å²) in [6.45, 7) is 3.49. The number of hydrogen-bond acceptors (Lipinski definition) is 7. The number of hydrogen-bond donors (Lipinski definition) is 2. The van der Waals surface area contributed by atoms with Crippen LogP contribution in [0, 0.1) is 13.8 Å². The second kappa shape index (κ2) is 8.27. The molecule has 0 atom stereocenters. The molecular formula is C20H23N5O5. The van der Waals surface area contributed by atoms with Crippen LogP contribution in [-0.4, -0.2) is 47.4 Å². The van der Waals surface area contributed by atoms with Crippen LogP contribution in [0.15, 0.2) is 18.2 Å². The molecular weight excluding hydrogens is 390 g/mol. The number of benzene rings is 1. The van der Waals surface area contributed by atoms with Gasteiger partial charge in [0.1, 0.15) is 0 Å². The molecule has 0 saturated heterocycles. The fourth-order valence-corrected chi connectivity index (χ4v) is 3.16. The number of methoxy groups -OCH3 is 2. The highest BCUT2D eigenvalue weighted by atomic mass is 16.5. The molecule has 2 heterocycles. The van der Waals surface area contributed by atoms with Gasteiger partial charge in [-0.15, -0.1) is 5.10 Å². The van der Waals surface area contributed by atoms with Gasteiger partial charge >= 0.3 is 0 Å². The van der Waals surface area contributed by atoms with Gasteiger partial charge in [0.15, 0.2) is 23.8 Å². The Hall–Kier alpha value is -3.82. The summed E-state index contributed by atoms with van der Waals surface area (Å²) in [6.07, 6.45) is 0. The van der Waals surface area contributed by atoms with Gasteiger partial charge in [0.05, 0.1) is 30.9 Å². The Kier molecular flexibility index (Phi) is 5.77. The second-order valence-corrected chi connectivity index (χ2v) is 6.66. The van der Waals surface area contributed by atoms with Crippen LogP contribution in [0.4, 0.5) is 5.69 Å². The van der Waals surface area contributed by atoms with Crippen LogP contribution < -0.4 is 25.3 Å². The predicted octanol–water partition coefficient (Wildman–Crippen LogP) is 1.72. The highest BCUT2D eigenvalue weighted by Crippen LogP contribution is 2.33. The van der Waals surface area contributed by atoms with Crippen molar-refractivity contribution in [2.75, 3.05) is 26.1 Å². The molecule has 0 aliphatic rings. The SMILES string of the molecule is COc1cc(NC(=O)COc2nn(C)c3nc(C)cc(C)c23)c(C(N)=O)cc1OC. The third-order valence-corrected chi connectivity index (χ3v) is 4.49. The van der Waals surface area contributed by atoms with Crippen molar-refractivity contribution in [1.82, 2.24) is 14.8 Å². The normalized spacial score (nSPS) is 10.7. The van der Waals surface area contributed by atoms with E-state index in [4.69, 9.17) is 19.9 Å². The first kappa shape index (κ1) is 20.9. The number of ether oxygens (including phenoxy) is 3. The van der Waals surface area contributed by atoms with Crippen molar-refractivity contribution in [2.24, 2.45) is 12.8 Å². The zero-order chi connectivity index (χ0) is 22.0. The minimum absolute atomic E-state index is 0.0832. The van der Waals surface area contributed by atoms with E-state index < -0.39 is 11.8 Å². The third-order valence-electron chi connectivity index (χ3n) is 4.49. The molecule has 0 bridgehead atoms. The van der Waals surface area contributed by atoms with E-state index in [2.05, 4.69) is 15.4 Å². The number of nitrogens with two attached hydrogens (primary N) is 1. The maximum Gasteiger partial charge on any atom is 0.262 e. The molecule has 3 N–H and O–H groups in total. The lowest BCUT2D eigenvalue weighted by molar-refractivity contribution is -0.118. The molecule has 3 aromatic rings. The average Bonchev–Trinajstić information content (AvgIpc) is 3.01. The number of anilines is 1. The molecule has 0 unspecified atom stereocenters. The van der Waals surface area contributed by atoms with E-state index in [0.29, 0.717) is 23.0 Å². The molecule has 158 valence electrons. The smallest absolute Gasteiger partial charge is 0.262 e. The van der Waals surface area contributed by atoms with E-state index in [1.807, 2.05) is 19.9 Å². The van der Waals surface area contributed by atoms with Crippen LogP contribution in [-0.2, 0) is 11.8 Å². The Balaban J connectivity index is 1.82. The standard InChI is InChI=1S/C20H23N5O5/c1-10-6-11(2)22-19-17(10)20(24-25(19)3)30-9-16(26)23-13-8-15(29-5)14(28-4)7-12(13)18(21)27/h6-8H,9H2,1-5H3,(H2,21,27)(H,23,26). The Morgan fingerprint density at radius 1 is 1.13 bits per heavy atom. The number of carbonyl (C=O) groups excluding carboxylic acids is 2. The van der Waals surface area contributed by atoms with Crippen LogP contribution in [0.2, 0.25) is 0 Å².